The molecule has 1 atom stereocenters. The molecule has 3 N–H and O–H groups in total. The lowest BCUT2D eigenvalue weighted by molar-refractivity contribution is 0.0720. The standard InChI is InChI=1S/C32H38N8O3/c1-21-17-22(2)30(36-25-10-13-38(14-11-25)27-8-5-4-7-24(27)18-33)23(3)29(21)31(41)39-15-16-40(28-9-6-12-35-37-28)26(20-39)19-34-32(42)43/h4-9,12,17,25-26,34,36H,10-11,13-16,19-20H2,1-3H3,(H,42,43). The van der Waals surface area contributed by atoms with Gasteiger partial charge in [-0.1, -0.05) is 18.2 Å². The van der Waals surface area contributed by atoms with Gasteiger partial charge < -0.3 is 30.4 Å². The molecular weight excluding hydrogens is 544 g/mol. The number of hydrogen-bond acceptors (Lipinski definition) is 8. The van der Waals surface area contributed by atoms with Gasteiger partial charge in [0, 0.05) is 62.8 Å². The maximum absolute atomic E-state index is 14.1. The highest BCUT2D eigenvalue weighted by Gasteiger charge is 2.33. The number of amides is 2. The summed E-state index contributed by atoms with van der Waals surface area (Å²) in [5, 5.41) is 33.2. The molecule has 2 aromatic carbocycles. The number of nitriles is 1. The van der Waals surface area contributed by atoms with Crippen LogP contribution < -0.4 is 20.4 Å². The van der Waals surface area contributed by atoms with Crippen LogP contribution in [0.25, 0.3) is 0 Å². The molecule has 11 nitrogen and oxygen atoms in total. The van der Waals surface area contributed by atoms with Gasteiger partial charge in [-0.2, -0.15) is 10.4 Å². The first-order valence-electron chi connectivity index (χ1n) is 14.7. The number of piperidine rings is 1. The number of carbonyl (C=O) groups is 2. The molecule has 0 spiro atoms. The van der Waals surface area contributed by atoms with Crippen LogP contribution in [-0.2, 0) is 0 Å². The molecule has 3 aromatic rings. The number of para-hydroxylation sites is 1. The van der Waals surface area contributed by atoms with Gasteiger partial charge >= 0.3 is 6.09 Å². The molecule has 0 radical (unpaired) electrons. The van der Waals surface area contributed by atoms with Crippen molar-refractivity contribution < 1.29 is 14.7 Å². The van der Waals surface area contributed by atoms with Crippen LogP contribution in [0.4, 0.5) is 22.0 Å². The van der Waals surface area contributed by atoms with Gasteiger partial charge in [-0.15, -0.1) is 5.10 Å². The molecule has 0 bridgehead atoms. The van der Waals surface area contributed by atoms with Crippen molar-refractivity contribution in [2.24, 2.45) is 0 Å². The Balaban J connectivity index is 1.31. The molecule has 11 heteroatoms. The molecule has 2 aliphatic rings. The zero-order valence-corrected chi connectivity index (χ0v) is 24.9. The van der Waals surface area contributed by atoms with E-state index < -0.39 is 6.09 Å². The Morgan fingerprint density at radius 1 is 1.05 bits per heavy atom. The van der Waals surface area contributed by atoms with E-state index in [1.54, 1.807) is 12.3 Å². The van der Waals surface area contributed by atoms with E-state index in [2.05, 4.69) is 44.8 Å². The molecule has 3 heterocycles. The Morgan fingerprint density at radius 3 is 2.51 bits per heavy atom. The minimum atomic E-state index is -1.11. The lowest BCUT2D eigenvalue weighted by Crippen LogP contribution is -2.58. The van der Waals surface area contributed by atoms with Crippen LogP contribution >= 0.6 is 0 Å². The van der Waals surface area contributed by atoms with Crippen molar-refractivity contribution in [1.29, 1.82) is 5.26 Å². The highest BCUT2D eigenvalue weighted by Crippen LogP contribution is 2.32. The number of carboxylic acid groups (broad SMARTS) is 1. The number of piperazine rings is 1. The summed E-state index contributed by atoms with van der Waals surface area (Å²) < 4.78 is 0. The molecule has 5 rings (SSSR count). The quantitative estimate of drug-likeness (QED) is 0.378. The Hall–Kier alpha value is -4.85. The summed E-state index contributed by atoms with van der Waals surface area (Å²) in [7, 11) is 0. The van der Waals surface area contributed by atoms with Gasteiger partial charge in [0.1, 0.15) is 6.07 Å². The van der Waals surface area contributed by atoms with Crippen LogP contribution in [0.3, 0.4) is 0 Å². The Morgan fingerprint density at radius 2 is 1.81 bits per heavy atom. The highest BCUT2D eigenvalue weighted by molar-refractivity contribution is 5.99. The summed E-state index contributed by atoms with van der Waals surface area (Å²) >= 11 is 0. The van der Waals surface area contributed by atoms with Gasteiger partial charge in [-0.25, -0.2) is 4.79 Å². The number of hydrogen-bond donors (Lipinski definition) is 3. The van der Waals surface area contributed by atoms with E-state index in [0.29, 0.717) is 36.6 Å². The lowest BCUT2D eigenvalue weighted by atomic mass is 9.94. The number of anilines is 3. The summed E-state index contributed by atoms with van der Waals surface area (Å²) in [6.45, 7) is 9.24. The van der Waals surface area contributed by atoms with Gasteiger partial charge in [-0.3, -0.25) is 4.79 Å². The molecule has 2 aliphatic heterocycles. The van der Waals surface area contributed by atoms with Crippen LogP contribution in [0.15, 0.2) is 48.7 Å². The Labute approximate surface area is 252 Å². The number of nitrogens with one attached hydrogen (secondary N) is 2. The molecule has 43 heavy (non-hydrogen) atoms. The molecule has 1 aromatic heterocycles. The van der Waals surface area contributed by atoms with E-state index in [1.807, 2.05) is 54.0 Å². The molecule has 2 fully saturated rings. The minimum absolute atomic E-state index is 0.0555. The number of aryl methyl sites for hydroxylation is 2. The van der Waals surface area contributed by atoms with E-state index in [9.17, 15) is 20.0 Å². The van der Waals surface area contributed by atoms with Crippen molar-refractivity contribution in [3.05, 3.63) is 76.5 Å². The van der Waals surface area contributed by atoms with E-state index in [-0.39, 0.29) is 24.5 Å². The van der Waals surface area contributed by atoms with Crippen LogP contribution in [0.1, 0.15) is 45.5 Å². The largest absolute Gasteiger partial charge is 0.465 e. The van der Waals surface area contributed by atoms with Crippen molar-refractivity contribution in [3.8, 4) is 6.07 Å². The number of carbonyl (C=O) groups excluding carboxylic acids is 1. The monoisotopic (exact) mass is 582 g/mol. The maximum atomic E-state index is 14.1. The Bertz CT molecular complexity index is 1510. The molecule has 2 saturated heterocycles. The first kappa shape index (κ1) is 29.6. The zero-order valence-electron chi connectivity index (χ0n) is 24.9. The van der Waals surface area contributed by atoms with Crippen LogP contribution in [0.5, 0.6) is 0 Å². The number of benzene rings is 2. The number of rotatable bonds is 7. The van der Waals surface area contributed by atoms with Crippen molar-refractivity contribution in [3.63, 3.8) is 0 Å². The summed E-state index contributed by atoms with van der Waals surface area (Å²) in [5.74, 6) is 0.600. The van der Waals surface area contributed by atoms with E-state index in [1.165, 1.54) is 0 Å². The van der Waals surface area contributed by atoms with Crippen LogP contribution in [-0.4, -0.2) is 83.6 Å². The van der Waals surface area contributed by atoms with Gasteiger partial charge in [0.2, 0.25) is 0 Å². The second-order valence-corrected chi connectivity index (χ2v) is 11.3. The van der Waals surface area contributed by atoms with Gasteiger partial charge in [-0.05, 0) is 74.6 Å². The highest BCUT2D eigenvalue weighted by atomic mass is 16.4. The van der Waals surface area contributed by atoms with Crippen molar-refractivity contribution in [2.45, 2.75) is 45.7 Å². The first-order chi connectivity index (χ1) is 20.8. The predicted molar refractivity (Wildman–Crippen MR) is 166 cm³/mol. The van der Waals surface area contributed by atoms with Gasteiger partial charge in [0.25, 0.3) is 5.91 Å². The van der Waals surface area contributed by atoms with Crippen molar-refractivity contribution >= 4 is 29.2 Å². The first-order valence-corrected chi connectivity index (χ1v) is 14.7. The minimum Gasteiger partial charge on any atom is -0.465 e. The van der Waals surface area contributed by atoms with Crippen molar-refractivity contribution in [1.82, 2.24) is 20.4 Å². The van der Waals surface area contributed by atoms with E-state index in [0.717, 1.165) is 54.0 Å². The van der Waals surface area contributed by atoms with Crippen LogP contribution in [0.2, 0.25) is 0 Å². The molecule has 0 aliphatic carbocycles. The average Bonchev–Trinajstić information content (AvgIpc) is 3.02. The third kappa shape index (κ3) is 6.48. The van der Waals surface area contributed by atoms with Crippen LogP contribution in [0, 0.1) is 32.1 Å². The molecule has 0 saturated carbocycles. The third-order valence-electron chi connectivity index (χ3n) is 8.51. The normalized spacial score (nSPS) is 17.3. The SMILES string of the molecule is Cc1cc(C)c(C(=O)N2CCN(c3cccnn3)C(CNC(=O)O)C2)c(C)c1NC1CCN(c2ccccc2C#N)CC1. The second kappa shape index (κ2) is 13.0. The number of nitrogens with zero attached hydrogens (tertiary/aromatic N) is 6. The van der Waals surface area contributed by atoms with E-state index >= 15 is 0 Å². The fourth-order valence-corrected chi connectivity index (χ4v) is 6.38. The molecular formula is C32H38N8O3. The summed E-state index contributed by atoms with van der Waals surface area (Å²) in [6.07, 6.45) is 2.32. The average molecular weight is 583 g/mol. The lowest BCUT2D eigenvalue weighted by Gasteiger charge is -2.42. The fraction of sp³-hybridized carbons (Fsp3) is 0.406. The summed E-state index contributed by atoms with van der Waals surface area (Å²) in [6, 6.07) is 15.7. The Kier molecular flexibility index (Phi) is 8.95. The smallest absolute Gasteiger partial charge is 0.404 e. The van der Waals surface area contributed by atoms with Gasteiger partial charge in [0.15, 0.2) is 5.82 Å². The van der Waals surface area contributed by atoms with Gasteiger partial charge in [0.05, 0.1) is 17.3 Å². The molecule has 224 valence electrons. The van der Waals surface area contributed by atoms with Crippen molar-refractivity contribution in [2.75, 3.05) is 54.4 Å². The van der Waals surface area contributed by atoms with E-state index in [4.69, 9.17) is 0 Å². The molecule has 2 amide bonds. The summed E-state index contributed by atoms with van der Waals surface area (Å²) in [5.41, 5.74) is 6.30. The predicted octanol–water partition coefficient (Wildman–Crippen LogP) is 3.95. The fourth-order valence-electron chi connectivity index (χ4n) is 6.38. The maximum Gasteiger partial charge on any atom is 0.404 e. The third-order valence-corrected chi connectivity index (χ3v) is 8.51. The molecule has 1 unspecified atom stereocenters. The second-order valence-electron chi connectivity index (χ2n) is 11.3. The zero-order chi connectivity index (χ0) is 30.5. The summed E-state index contributed by atoms with van der Waals surface area (Å²) in [4.78, 5) is 31.5. The number of aromatic nitrogens is 2. The topological polar surface area (TPSA) is 138 Å².